The summed E-state index contributed by atoms with van der Waals surface area (Å²) in [6, 6.07) is 2.30. The molecule has 3 rings (SSSR count). The molecule has 1 saturated carbocycles. The van der Waals surface area contributed by atoms with Crippen LogP contribution in [-0.4, -0.2) is 37.2 Å². The van der Waals surface area contributed by atoms with Gasteiger partial charge in [-0.2, -0.15) is 5.10 Å². The van der Waals surface area contributed by atoms with Gasteiger partial charge in [-0.1, -0.05) is 12.2 Å². The van der Waals surface area contributed by atoms with E-state index in [-0.39, 0.29) is 5.69 Å². The normalized spacial score (nSPS) is 14.7. The van der Waals surface area contributed by atoms with Gasteiger partial charge in [0, 0.05) is 25.1 Å². The first kappa shape index (κ1) is 12.1. The van der Waals surface area contributed by atoms with Gasteiger partial charge in [0.05, 0.1) is 4.99 Å². The van der Waals surface area contributed by atoms with Gasteiger partial charge in [-0.05, 0) is 12.8 Å². The van der Waals surface area contributed by atoms with E-state index < -0.39 is 0 Å². The molecule has 1 aliphatic carbocycles. The first-order valence-electron chi connectivity index (χ1n) is 6.13. The largest absolute Gasteiger partial charge is 0.393 e. The number of aromatic amines is 1. The molecule has 8 heteroatoms. The number of fused-ring (bicyclic) bond motifs is 1. The lowest BCUT2D eigenvalue weighted by Gasteiger charge is -2.23. The second-order valence-corrected chi connectivity index (χ2v) is 5.17. The molecule has 100 valence electrons. The van der Waals surface area contributed by atoms with Crippen LogP contribution in [0.1, 0.15) is 19.3 Å². The number of hydrogen-bond donors (Lipinski definition) is 2. The van der Waals surface area contributed by atoms with E-state index in [4.69, 9.17) is 18.0 Å². The molecule has 0 saturated heterocycles. The van der Waals surface area contributed by atoms with E-state index in [1.54, 1.807) is 6.07 Å². The molecule has 0 bridgehead atoms. The van der Waals surface area contributed by atoms with Crippen molar-refractivity contribution >= 4 is 28.7 Å². The lowest BCUT2D eigenvalue weighted by Crippen LogP contribution is -2.30. The Morgan fingerprint density at radius 3 is 3.11 bits per heavy atom. The number of hydrogen-bond acceptors (Lipinski definition) is 5. The molecule has 0 radical (unpaired) electrons. The highest BCUT2D eigenvalue weighted by molar-refractivity contribution is 7.80. The number of H-pyrrole nitrogens is 1. The molecule has 3 N–H and O–H groups in total. The first-order chi connectivity index (χ1) is 9.15. The molecule has 7 nitrogen and oxygen atoms in total. The summed E-state index contributed by atoms with van der Waals surface area (Å²) in [5, 5.41) is 6.34. The zero-order valence-corrected chi connectivity index (χ0v) is 11.1. The molecule has 2 heterocycles. The summed E-state index contributed by atoms with van der Waals surface area (Å²) in [6.45, 7) is 0.748. The van der Waals surface area contributed by atoms with E-state index in [9.17, 15) is 4.79 Å². The quantitative estimate of drug-likeness (QED) is 0.752. The topological polar surface area (TPSA) is 92.3 Å². The molecule has 0 spiro atoms. The highest BCUT2D eigenvalue weighted by atomic mass is 32.1. The zero-order valence-electron chi connectivity index (χ0n) is 10.2. The van der Waals surface area contributed by atoms with Crippen molar-refractivity contribution in [1.82, 2.24) is 19.6 Å². The maximum Gasteiger partial charge on any atom is 0.348 e. The van der Waals surface area contributed by atoms with E-state index in [1.807, 2.05) is 0 Å². The summed E-state index contributed by atoms with van der Waals surface area (Å²) < 4.78 is 1.38. The van der Waals surface area contributed by atoms with Gasteiger partial charge >= 0.3 is 5.69 Å². The molecule has 2 aromatic rings. The maximum atomic E-state index is 11.4. The second-order valence-electron chi connectivity index (χ2n) is 4.64. The summed E-state index contributed by atoms with van der Waals surface area (Å²) in [5.41, 5.74) is 5.84. The number of rotatable bonds is 5. The van der Waals surface area contributed by atoms with Gasteiger partial charge in [0.15, 0.2) is 5.65 Å². The van der Waals surface area contributed by atoms with Crippen molar-refractivity contribution in [3.05, 3.63) is 22.9 Å². The molecular formula is C11H14N6OS. The van der Waals surface area contributed by atoms with Crippen LogP contribution in [0.5, 0.6) is 0 Å². The van der Waals surface area contributed by atoms with Crippen molar-refractivity contribution < 1.29 is 0 Å². The lowest BCUT2D eigenvalue weighted by molar-refractivity contribution is 0.781. The van der Waals surface area contributed by atoms with Gasteiger partial charge in [-0.15, -0.1) is 0 Å². The zero-order chi connectivity index (χ0) is 13.4. The molecule has 2 aromatic heterocycles. The number of nitrogens with two attached hydrogens (primary N) is 1. The van der Waals surface area contributed by atoms with Crippen molar-refractivity contribution in [2.45, 2.75) is 25.3 Å². The Balaban J connectivity index is 1.90. The van der Waals surface area contributed by atoms with Crippen LogP contribution in [0, 0.1) is 0 Å². The molecule has 19 heavy (non-hydrogen) atoms. The Morgan fingerprint density at radius 2 is 2.42 bits per heavy atom. The standard InChI is InChI=1S/C11H14N6OS/c12-8(19)3-4-16(7-1-2-7)9-5-10-14-15-11(18)17(10)6-13-9/h5-7H,1-4H2,(H2,12,19)(H,15,18). The Labute approximate surface area is 114 Å². The fourth-order valence-corrected chi connectivity index (χ4v) is 2.15. The van der Waals surface area contributed by atoms with E-state index in [1.165, 1.54) is 10.7 Å². The summed E-state index contributed by atoms with van der Waals surface area (Å²) >= 11 is 4.92. The predicted octanol–water partition coefficient (Wildman–Crippen LogP) is 0.0626. The van der Waals surface area contributed by atoms with E-state index in [0.29, 0.717) is 23.1 Å². The summed E-state index contributed by atoms with van der Waals surface area (Å²) in [4.78, 5) is 18.4. The number of nitrogens with zero attached hydrogens (tertiary/aromatic N) is 4. The molecule has 0 aliphatic heterocycles. The smallest absolute Gasteiger partial charge is 0.348 e. The van der Waals surface area contributed by atoms with Gasteiger partial charge in [-0.25, -0.2) is 19.3 Å². The Morgan fingerprint density at radius 1 is 1.63 bits per heavy atom. The Hall–Kier alpha value is -1.96. The predicted molar refractivity (Wildman–Crippen MR) is 75.4 cm³/mol. The van der Waals surface area contributed by atoms with Gasteiger partial charge < -0.3 is 10.6 Å². The highest BCUT2D eigenvalue weighted by Crippen LogP contribution is 2.30. The lowest BCUT2D eigenvalue weighted by atomic mass is 10.3. The van der Waals surface area contributed by atoms with E-state index >= 15 is 0 Å². The minimum absolute atomic E-state index is 0.282. The highest BCUT2D eigenvalue weighted by Gasteiger charge is 2.30. The fourth-order valence-electron chi connectivity index (χ4n) is 2.06. The van der Waals surface area contributed by atoms with Gasteiger partial charge in [0.2, 0.25) is 0 Å². The number of aromatic nitrogens is 4. The van der Waals surface area contributed by atoms with E-state index in [0.717, 1.165) is 25.2 Å². The van der Waals surface area contributed by atoms with Crippen LogP contribution < -0.4 is 16.3 Å². The van der Waals surface area contributed by atoms with Gasteiger partial charge in [0.25, 0.3) is 0 Å². The summed E-state index contributed by atoms with van der Waals surface area (Å²) in [7, 11) is 0. The molecule has 0 aromatic carbocycles. The third-order valence-electron chi connectivity index (χ3n) is 3.18. The molecule has 0 amide bonds. The van der Waals surface area contributed by atoms with Crippen molar-refractivity contribution in [3.8, 4) is 0 Å². The average Bonchev–Trinajstić information content (AvgIpc) is 3.14. The first-order valence-corrected chi connectivity index (χ1v) is 6.54. The van der Waals surface area contributed by atoms with Crippen LogP contribution in [0.2, 0.25) is 0 Å². The van der Waals surface area contributed by atoms with E-state index in [2.05, 4.69) is 20.1 Å². The van der Waals surface area contributed by atoms with Crippen LogP contribution in [0.25, 0.3) is 5.65 Å². The fraction of sp³-hybridized carbons (Fsp3) is 0.455. The van der Waals surface area contributed by atoms with Gasteiger partial charge in [0.1, 0.15) is 12.1 Å². The van der Waals surface area contributed by atoms with Crippen LogP contribution in [-0.2, 0) is 0 Å². The van der Waals surface area contributed by atoms with Crippen molar-refractivity contribution in [2.75, 3.05) is 11.4 Å². The van der Waals surface area contributed by atoms with Crippen LogP contribution >= 0.6 is 12.2 Å². The summed E-state index contributed by atoms with van der Waals surface area (Å²) in [6.07, 6.45) is 4.45. The maximum absolute atomic E-state index is 11.4. The SMILES string of the molecule is NC(=S)CCN(c1cc2n[nH]c(=O)n2cn1)C1CC1. The van der Waals surface area contributed by atoms with Crippen molar-refractivity contribution in [3.63, 3.8) is 0 Å². The molecular weight excluding hydrogens is 264 g/mol. The number of nitrogens with one attached hydrogen (secondary N) is 1. The van der Waals surface area contributed by atoms with Crippen LogP contribution in [0.3, 0.4) is 0 Å². The Kier molecular flexibility index (Phi) is 2.94. The molecule has 0 atom stereocenters. The van der Waals surface area contributed by atoms with Gasteiger partial charge in [-0.3, -0.25) is 0 Å². The van der Waals surface area contributed by atoms with Crippen molar-refractivity contribution in [1.29, 1.82) is 0 Å². The molecule has 0 unspecified atom stereocenters. The second kappa shape index (κ2) is 4.61. The monoisotopic (exact) mass is 278 g/mol. The molecule has 1 aliphatic rings. The molecule has 1 fully saturated rings. The average molecular weight is 278 g/mol. The number of anilines is 1. The third-order valence-corrected chi connectivity index (χ3v) is 3.38. The minimum Gasteiger partial charge on any atom is -0.393 e. The third kappa shape index (κ3) is 2.43. The van der Waals surface area contributed by atoms with Crippen LogP contribution in [0.4, 0.5) is 5.82 Å². The minimum atomic E-state index is -0.282. The van der Waals surface area contributed by atoms with Crippen LogP contribution in [0.15, 0.2) is 17.2 Å². The van der Waals surface area contributed by atoms with Crippen molar-refractivity contribution in [2.24, 2.45) is 5.73 Å². The summed E-state index contributed by atoms with van der Waals surface area (Å²) in [5.74, 6) is 0.810. The Bertz CT molecular complexity index is 673. The number of thiocarbonyl (C=S) groups is 1.